The Kier molecular flexibility index (Phi) is 2.35. The summed E-state index contributed by atoms with van der Waals surface area (Å²) in [5, 5.41) is 0. The normalized spacial score (nSPS) is 12.3. The van der Waals surface area contributed by atoms with E-state index in [-0.39, 0.29) is 5.91 Å². The minimum atomic E-state index is -0.262. The van der Waals surface area contributed by atoms with Crippen molar-refractivity contribution < 1.29 is 9.53 Å². The van der Waals surface area contributed by atoms with Gasteiger partial charge in [-0.05, 0) is 18.2 Å². The molecule has 4 nitrogen and oxygen atoms in total. The van der Waals surface area contributed by atoms with Crippen LogP contribution in [0, 0.1) is 0 Å². The van der Waals surface area contributed by atoms with Gasteiger partial charge < -0.3 is 4.74 Å². The number of carbonyl (C=O) groups is 1. The Morgan fingerprint density at radius 1 is 1.41 bits per heavy atom. The number of fused-ring (bicyclic) bond motifs is 3. The zero-order valence-electron chi connectivity index (χ0n) is 8.90. The second-order valence-corrected chi connectivity index (χ2v) is 4.78. The summed E-state index contributed by atoms with van der Waals surface area (Å²) in [4.78, 5) is 13.2. The highest BCUT2D eigenvalue weighted by atomic mass is 32.1. The van der Waals surface area contributed by atoms with Crippen LogP contribution < -0.4 is 16.0 Å². The van der Waals surface area contributed by atoms with Gasteiger partial charge in [0, 0.05) is 16.0 Å². The molecule has 1 aromatic heterocycles. The minimum Gasteiger partial charge on any atom is -0.488 e. The summed E-state index contributed by atoms with van der Waals surface area (Å²) in [6.45, 7) is 0.501. The van der Waals surface area contributed by atoms with Gasteiger partial charge in [0.2, 0.25) is 0 Å². The lowest BCUT2D eigenvalue weighted by molar-refractivity contribution is 0.0957. The number of benzene rings is 1. The predicted molar refractivity (Wildman–Crippen MR) is 65.7 cm³/mol. The summed E-state index contributed by atoms with van der Waals surface area (Å²) in [6.07, 6.45) is 0. The highest BCUT2D eigenvalue weighted by Gasteiger charge is 2.21. The third-order valence-electron chi connectivity index (χ3n) is 2.68. The van der Waals surface area contributed by atoms with Gasteiger partial charge in [-0.1, -0.05) is 12.1 Å². The van der Waals surface area contributed by atoms with Crippen LogP contribution in [0.1, 0.15) is 15.2 Å². The SMILES string of the molecule is NNC(=O)c1cc2c(s1)-c1ccccc1OC2. The van der Waals surface area contributed by atoms with Crippen molar-refractivity contribution in [1.82, 2.24) is 5.43 Å². The first kappa shape index (κ1) is 10.3. The van der Waals surface area contributed by atoms with Crippen LogP contribution in [0.25, 0.3) is 10.4 Å². The molecule has 0 atom stereocenters. The first-order chi connectivity index (χ1) is 8.29. The number of para-hydroxylation sites is 1. The Hall–Kier alpha value is -1.85. The number of hydrogen-bond acceptors (Lipinski definition) is 4. The number of hydrogen-bond donors (Lipinski definition) is 2. The summed E-state index contributed by atoms with van der Waals surface area (Å²) in [5.74, 6) is 5.73. The minimum absolute atomic E-state index is 0.262. The van der Waals surface area contributed by atoms with Crippen LogP contribution in [0.3, 0.4) is 0 Å². The van der Waals surface area contributed by atoms with E-state index in [2.05, 4.69) is 5.43 Å². The van der Waals surface area contributed by atoms with E-state index in [9.17, 15) is 4.79 Å². The van der Waals surface area contributed by atoms with Crippen molar-refractivity contribution in [3.8, 4) is 16.2 Å². The Bertz CT molecular complexity index is 592. The van der Waals surface area contributed by atoms with Crippen LogP contribution in [0.4, 0.5) is 0 Å². The van der Waals surface area contributed by atoms with E-state index in [4.69, 9.17) is 10.6 Å². The Morgan fingerprint density at radius 2 is 2.24 bits per heavy atom. The molecule has 1 amide bonds. The zero-order valence-corrected chi connectivity index (χ0v) is 9.71. The lowest BCUT2D eigenvalue weighted by atomic mass is 10.1. The average molecular weight is 246 g/mol. The molecule has 2 aromatic rings. The summed E-state index contributed by atoms with van der Waals surface area (Å²) in [7, 11) is 0. The number of thiophene rings is 1. The number of hydrazine groups is 1. The lowest BCUT2D eigenvalue weighted by Crippen LogP contribution is -2.29. The van der Waals surface area contributed by atoms with Gasteiger partial charge in [-0.3, -0.25) is 10.2 Å². The summed E-state index contributed by atoms with van der Waals surface area (Å²) < 4.78 is 5.62. The predicted octanol–water partition coefficient (Wildman–Crippen LogP) is 1.91. The fraction of sp³-hybridized carbons (Fsp3) is 0.0833. The van der Waals surface area contributed by atoms with Crippen molar-refractivity contribution in [2.24, 2.45) is 5.84 Å². The van der Waals surface area contributed by atoms with Crippen LogP contribution in [0.5, 0.6) is 5.75 Å². The van der Waals surface area contributed by atoms with Gasteiger partial charge in [-0.15, -0.1) is 11.3 Å². The van der Waals surface area contributed by atoms with Gasteiger partial charge in [-0.2, -0.15) is 0 Å². The molecule has 0 saturated heterocycles. The largest absolute Gasteiger partial charge is 0.488 e. The van der Waals surface area contributed by atoms with Gasteiger partial charge in [0.25, 0.3) is 5.91 Å². The molecule has 0 fully saturated rings. The number of carbonyl (C=O) groups excluding carboxylic acids is 1. The molecule has 17 heavy (non-hydrogen) atoms. The molecule has 0 saturated carbocycles. The van der Waals surface area contributed by atoms with Crippen molar-refractivity contribution in [3.05, 3.63) is 40.8 Å². The number of nitrogens with one attached hydrogen (secondary N) is 1. The Balaban J connectivity index is 2.13. The molecule has 0 unspecified atom stereocenters. The lowest BCUT2D eigenvalue weighted by Gasteiger charge is -2.16. The molecule has 3 rings (SSSR count). The highest BCUT2D eigenvalue weighted by molar-refractivity contribution is 7.17. The molecule has 0 aliphatic carbocycles. The van der Waals surface area contributed by atoms with E-state index < -0.39 is 0 Å². The number of nitrogens with two attached hydrogens (primary N) is 1. The molecular formula is C12H10N2O2S. The van der Waals surface area contributed by atoms with E-state index in [0.29, 0.717) is 11.5 Å². The van der Waals surface area contributed by atoms with E-state index >= 15 is 0 Å². The van der Waals surface area contributed by atoms with Crippen LogP contribution in [0.2, 0.25) is 0 Å². The van der Waals surface area contributed by atoms with Gasteiger partial charge in [0.15, 0.2) is 0 Å². The summed E-state index contributed by atoms with van der Waals surface area (Å²) in [6, 6.07) is 9.65. The molecule has 0 radical (unpaired) electrons. The second-order valence-electron chi connectivity index (χ2n) is 3.72. The van der Waals surface area contributed by atoms with Crippen molar-refractivity contribution in [3.63, 3.8) is 0 Å². The number of ether oxygens (including phenoxy) is 1. The van der Waals surface area contributed by atoms with Crippen molar-refractivity contribution in [1.29, 1.82) is 0 Å². The zero-order chi connectivity index (χ0) is 11.8. The molecule has 1 aromatic carbocycles. The van der Waals surface area contributed by atoms with Gasteiger partial charge in [0.1, 0.15) is 12.4 Å². The van der Waals surface area contributed by atoms with Crippen LogP contribution in [0.15, 0.2) is 30.3 Å². The molecule has 0 spiro atoms. The van der Waals surface area contributed by atoms with Crippen LogP contribution in [-0.4, -0.2) is 5.91 Å². The van der Waals surface area contributed by atoms with E-state index in [1.54, 1.807) is 0 Å². The van der Waals surface area contributed by atoms with Gasteiger partial charge in [-0.25, -0.2) is 5.84 Å². The van der Waals surface area contributed by atoms with E-state index in [1.807, 2.05) is 30.3 Å². The number of rotatable bonds is 1. The first-order valence-corrected chi connectivity index (χ1v) is 5.97. The Morgan fingerprint density at radius 3 is 3.06 bits per heavy atom. The second kappa shape index (κ2) is 3.87. The maximum absolute atomic E-state index is 11.5. The smallest absolute Gasteiger partial charge is 0.275 e. The average Bonchev–Trinajstić information content (AvgIpc) is 2.82. The monoisotopic (exact) mass is 246 g/mol. The summed E-state index contributed by atoms with van der Waals surface area (Å²) in [5.41, 5.74) is 4.22. The third kappa shape index (κ3) is 1.60. The van der Waals surface area contributed by atoms with Crippen molar-refractivity contribution in [2.75, 3.05) is 0 Å². The fourth-order valence-corrected chi connectivity index (χ4v) is 2.98. The van der Waals surface area contributed by atoms with E-state index in [0.717, 1.165) is 21.8 Å². The maximum atomic E-state index is 11.5. The molecular weight excluding hydrogens is 236 g/mol. The van der Waals surface area contributed by atoms with Gasteiger partial charge in [0.05, 0.1) is 4.88 Å². The number of nitrogen functional groups attached to an aromatic ring is 1. The van der Waals surface area contributed by atoms with Gasteiger partial charge >= 0.3 is 0 Å². The van der Waals surface area contributed by atoms with Crippen LogP contribution in [-0.2, 0) is 6.61 Å². The standard InChI is InChI=1S/C12H10N2O2S/c13-14-12(15)10-5-7-6-16-9-4-2-1-3-8(9)11(7)17-10/h1-5H,6,13H2,(H,14,15). The van der Waals surface area contributed by atoms with E-state index in [1.165, 1.54) is 11.3 Å². The van der Waals surface area contributed by atoms with Crippen LogP contribution >= 0.6 is 11.3 Å². The molecule has 1 aliphatic rings. The van der Waals surface area contributed by atoms with Crippen molar-refractivity contribution in [2.45, 2.75) is 6.61 Å². The fourth-order valence-electron chi connectivity index (χ4n) is 1.88. The molecule has 86 valence electrons. The topological polar surface area (TPSA) is 64.3 Å². The molecule has 1 aliphatic heterocycles. The molecule has 5 heteroatoms. The third-order valence-corrected chi connectivity index (χ3v) is 3.89. The molecule has 3 N–H and O–H groups in total. The first-order valence-electron chi connectivity index (χ1n) is 5.15. The van der Waals surface area contributed by atoms with Crippen molar-refractivity contribution >= 4 is 17.2 Å². The summed E-state index contributed by atoms with van der Waals surface area (Å²) >= 11 is 1.44. The quantitative estimate of drug-likeness (QED) is 0.459. The molecule has 0 bridgehead atoms. The molecule has 2 heterocycles. The maximum Gasteiger partial charge on any atom is 0.275 e. The highest BCUT2D eigenvalue weighted by Crippen LogP contribution is 2.42. The number of amides is 1. The Labute approximate surface area is 102 Å².